The number of nitrogens with one attached hydrogen (secondary N) is 1. The van der Waals surface area contributed by atoms with Crippen molar-refractivity contribution in [2.24, 2.45) is 0 Å². The Bertz CT molecular complexity index is 522. The Hall–Kier alpha value is -1.61. The molecule has 0 bridgehead atoms. The van der Waals surface area contributed by atoms with Crippen molar-refractivity contribution in [3.63, 3.8) is 0 Å². The molecule has 82 valence electrons. The second-order valence-corrected chi connectivity index (χ2v) is 3.75. The van der Waals surface area contributed by atoms with Crippen LogP contribution < -0.4 is 5.56 Å². The molecular formula is C12H11ClN2O. The zero-order valence-electron chi connectivity index (χ0n) is 8.61. The van der Waals surface area contributed by atoms with E-state index in [1.807, 2.05) is 30.3 Å². The second kappa shape index (κ2) is 4.94. The van der Waals surface area contributed by atoms with Gasteiger partial charge in [0.05, 0.1) is 11.6 Å². The number of hydrogen-bond acceptors (Lipinski definition) is 2. The average molecular weight is 235 g/mol. The minimum atomic E-state index is -0.156. The molecule has 1 aromatic carbocycles. The Morgan fingerprint density at radius 1 is 1.25 bits per heavy atom. The van der Waals surface area contributed by atoms with Gasteiger partial charge in [-0.05, 0) is 5.56 Å². The number of hydrogen-bond donors (Lipinski definition) is 1. The van der Waals surface area contributed by atoms with Crippen LogP contribution in [0.4, 0.5) is 0 Å². The SMILES string of the molecule is O=c1cc(CCl)nc(Cc2ccccc2)[nH]1. The van der Waals surface area contributed by atoms with Crippen molar-refractivity contribution < 1.29 is 0 Å². The first-order valence-electron chi connectivity index (χ1n) is 4.97. The van der Waals surface area contributed by atoms with Gasteiger partial charge in [-0.1, -0.05) is 30.3 Å². The molecular weight excluding hydrogens is 224 g/mol. The van der Waals surface area contributed by atoms with E-state index in [0.717, 1.165) is 5.56 Å². The summed E-state index contributed by atoms with van der Waals surface area (Å²) >= 11 is 5.66. The first-order chi connectivity index (χ1) is 7.78. The maximum atomic E-state index is 11.3. The average Bonchev–Trinajstić information content (AvgIpc) is 2.29. The molecule has 0 aliphatic rings. The largest absolute Gasteiger partial charge is 0.310 e. The summed E-state index contributed by atoms with van der Waals surface area (Å²) in [6, 6.07) is 11.3. The van der Waals surface area contributed by atoms with Crippen molar-refractivity contribution in [1.29, 1.82) is 0 Å². The number of aromatic nitrogens is 2. The Kier molecular flexibility index (Phi) is 3.37. The van der Waals surface area contributed by atoms with Crippen LogP contribution in [0.1, 0.15) is 17.1 Å². The molecule has 1 heterocycles. The van der Waals surface area contributed by atoms with E-state index < -0.39 is 0 Å². The molecule has 0 aliphatic carbocycles. The molecule has 2 rings (SSSR count). The highest BCUT2D eigenvalue weighted by Gasteiger charge is 2.01. The lowest BCUT2D eigenvalue weighted by Gasteiger charge is -2.02. The molecule has 0 saturated carbocycles. The third kappa shape index (κ3) is 2.70. The smallest absolute Gasteiger partial charge is 0.251 e. The molecule has 0 unspecified atom stereocenters. The Balaban J connectivity index is 2.28. The summed E-state index contributed by atoms with van der Waals surface area (Å²) in [4.78, 5) is 18.3. The molecule has 0 radical (unpaired) electrons. The summed E-state index contributed by atoms with van der Waals surface area (Å²) in [6.45, 7) is 0. The van der Waals surface area contributed by atoms with Crippen LogP contribution in [0.3, 0.4) is 0 Å². The van der Waals surface area contributed by atoms with Gasteiger partial charge in [-0.2, -0.15) is 0 Å². The van der Waals surface area contributed by atoms with Crippen molar-refractivity contribution in [3.05, 3.63) is 63.8 Å². The van der Waals surface area contributed by atoms with E-state index in [1.165, 1.54) is 6.07 Å². The second-order valence-electron chi connectivity index (χ2n) is 3.48. The lowest BCUT2D eigenvalue weighted by Crippen LogP contribution is -2.12. The fraction of sp³-hybridized carbons (Fsp3) is 0.167. The number of nitrogens with zero attached hydrogens (tertiary/aromatic N) is 1. The molecule has 0 saturated heterocycles. The summed E-state index contributed by atoms with van der Waals surface area (Å²) < 4.78 is 0. The molecule has 0 spiro atoms. The van der Waals surface area contributed by atoms with Crippen molar-refractivity contribution in [2.75, 3.05) is 0 Å². The number of H-pyrrole nitrogens is 1. The van der Waals surface area contributed by atoms with Gasteiger partial charge >= 0.3 is 0 Å². The number of halogens is 1. The van der Waals surface area contributed by atoms with Gasteiger partial charge in [-0.25, -0.2) is 4.98 Å². The Morgan fingerprint density at radius 3 is 2.69 bits per heavy atom. The van der Waals surface area contributed by atoms with Gasteiger partial charge < -0.3 is 4.98 Å². The zero-order valence-corrected chi connectivity index (χ0v) is 9.37. The molecule has 3 nitrogen and oxygen atoms in total. The molecule has 16 heavy (non-hydrogen) atoms. The minimum Gasteiger partial charge on any atom is -0.310 e. The maximum Gasteiger partial charge on any atom is 0.251 e. The highest BCUT2D eigenvalue weighted by atomic mass is 35.5. The first-order valence-corrected chi connectivity index (χ1v) is 5.50. The van der Waals surface area contributed by atoms with Gasteiger partial charge in [0.25, 0.3) is 5.56 Å². The molecule has 1 aromatic heterocycles. The molecule has 2 aromatic rings. The molecule has 1 N–H and O–H groups in total. The molecule has 4 heteroatoms. The highest BCUT2D eigenvalue weighted by molar-refractivity contribution is 6.16. The molecule has 0 fully saturated rings. The lowest BCUT2D eigenvalue weighted by atomic mass is 10.1. The van der Waals surface area contributed by atoms with Crippen molar-refractivity contribution in [1.82, 2.24) is 9.97 Å². The lowest BCUT2D eigenvalue weighted by molar-refractivity contribution is 0.915. The fourth-order valence-corrected chi connectivity index (χ4v) is 1.64. The normalized spacial score (nSPS) is 10.3. The standard InChI is InChI=1S/C12H11ClN2O/c13-8-10-7-12(16)15-11(14-10)6-9-4-2-1-3-5-9/h1-5,7H,6,8H2,(H,14,15,16). The summed E-state index contributed by atoms with van der Waals surface area (Å²) in [7, 11) is 0. The van der Waals surface area contributed by atoms with Crippen LogP contribution in [0.15, 0.2) is 41.2 Å². The highest BCUT2D eigenvalue weighted by Crippen LogP contribution is 2.05. The van der Waals surface area contributed by atoms with E-state index >= 15 is 0 Å². The molecule has 0 aliphatic heterocycles. The zero-order chi connectivity index (χ0) is 11.4. The molecule has 0 amide bonds. The fourth-order valence-electron chi connectivity index (χ4n) is 1.50. The van der Waals surface area contributed by atoms with Crippen molar-refractivity contribution in [2.45, 2.75) is 12.3 Å². The van der Waals surface area contributed by atoms with Crippen LogP contribution in [-0.2, 0) is 12.3 Å². The first kappa shape index (κ1) is 10.9. The quantitative estimate of drug-likeness (QED) is 0.827. The Morgan fingerprint density at radius 2 is 2.00 bits per heavy atom. The predicted molar refractivity (Wildman–Crippen MR) is 63.7 cm³/mol. The topological polar surface area (TPSA) is 45.8 Å². The predicted octanol–water partition coefficient (Wildman–Crippen LogP) is 2.10. The summed E-state index contributed by atoms with van der Waals surface area (Å²) in [5, 5.41) is 0. The minimum absolute atomic E-state index is 0.156. The summed E-state index contributed by atoms with van der Waals surface area (Å²) in [5.41, 5.74) is 1.56. The van der Waals surface area contributed by atoms with Crippen LogP contribution in [0.5, 0.6) is 0 Å². The van der Waals surface area contributed by atoms with Crippen LogP contribution >= 0.6 is 11.6 Å². The number of benzene rings is 1. The third-order valence-corrected chi connectivity index (χ3v) is 2.47. The molecule has 0 atom stereocenters. The number of rotatable bonds is 3. The van der Waals surface area contributed by atoms with Crippen molar-refractivity contribution in [3.8, 4) is 0 Å². The Labute approximate surface area is 98.1 Å². The van der Waals surface area contributed by atoms with Crippen molar-refractivity contribution >= 4 is 11.6 Å². The summed E-state index contributed by atoms with van der Waals surface area (Å²) in [5.74, 6) is 0.903. The summed E-state index contributed by atoms with van der Waals surface area (Å²) in [6.07, 6.45) is 0.612. The van der Waals surface area contributed by atoms with Crippen LogP contribution in [0.2, 0.25) is 0 Å². The van der Waals surface area contributed by atoms with Gasteiger partial charge in [0.15, 0.2) is 0 Å². The van der Waals surface area contributed by atoms with Gasteiger partial charge in [0.2, 0.25) is 0 Å². The number of aromatic amines is 1. The number of alkyl halides is 1. The van der Waals surface area contributed by atoms with Gasteiger partial charge in [-0.15, -0.1) is 11.6 Å². The van der Waals surface area contributed by atoms with E-state index in [1.54, 1.807) is 0 Å². The van der Waals surface area contributed by atoms with E-state index in [4.69, 9.17) is 11.6 Å². The van der Waals surface area contributed by atoms with Crippen LogP contribution in [-0.4, -0.2) is 9.97 Å². The van der Waals surface area contributed by atoms with E-state index in [9.17, 15) is 4.79 Å². The van der Waals surface area contributed by atoms with E-state index in [0.29, 0.717) is 17.9 Å². The van der Waals surface area contributed by atoms with Crippen LogP contribution in [0, 0.1) is 0 Å². The van der Waals surface area contributed by atoms with Gasteiger partial charge in [0.1, 0.15) is 5.82 Å². The van der Waals surface area contributed by atoms with E-state index in [-0.39, 0.29) is 11.4 Å². The maximum absolute atomic E-state index is 11.3. The van der Waals surface area contributed by atoms with Gasteiger partial charge in [0, 0.05) is 12.5 Å². The van der Waals surface area contributed by atoms with Gasteiger partial charge in [-0.3, -0.25) is 4.79 Å². The van der Waals surface area contributed by atoms with Crippen LogP contribution in [0.25, 0.3) is 0 Å². The third-order valence-electron chi connectivity index (χ3n) is 2.20. The monoisotopic (exact) mass is 234 g/mol. The van der Waals surface area contributed by atoms with E-state index in [2.05, 4.69) is 9.97 Å².